The lowest BCUT2D eigenvalue weighted by molar-refractivity contribution is 1.22. The van der Waals surface area contributed by atoms with Crippen LogP contribution in [0.25, 0.3) is 0 Å². The fourth-order valence-electron chi connectivity index (χ4n) is 0.420. The van der Waals surface area contributed by atoms with Crippen LogP contribution in [0, 0.1) is 6.92 Å². The molecule has 0 spiro atoms. The number of nitrogens with two attached hydrogens (primary N) is 1. The molecule has 0 atom stereocenters. The average Bonchev–Trinajstić information content (AvgIpc) is 2.14. The van der Waals surface area contributed by atoms with E-state index < -0.39 is 0 Å². The number of aryl methyl sites for hydroxylation is 1. The molecular weight excluding hydrogens is 122 g/mol. The fourth-order valence-corrected chi connectivity index (χ4v) is 1.02. The third-order valence-electron chi connectivity index (χ3n) is 0.742. The molecule has 3 nitrogen and oxygen atoms in total. The van der Waals surface area contributed by atoms with Crippen molar-refractivity contribution >= 4 is 16.5 Å². The van der Waals surface area contributed by atoms with E-state index in [4.69, 9.17) is 5.84 Å². The first-order valence-electron chi connectivity index (χ1n) is 2.21. The summed E-state index contributed by atoms with van der Waals surface area (Å²) in [6.45, 7) is 1.93. The summed E-state index contributed by atoms with van der Waals surface area (Å²) in [6.07, 6.45) is 0. The van der Waals surface area contributed by atoms with Gasteiger partial charge in [-0.25, -0.2) is 10.8 Å². The largest absolute Gasteiger partial charge is 0.300 e. The topological polar surface area (TPSA) is 50.9 Å². The van der Waals surface area contributed by atoms with Gasteiger partial charge in [0.15, 0.2) is 5.13 Å². The number of nitrogens with zero attached hydrogens (tertiary/aromatic N) is 1. The number of nitrogens with one attached hydrogen (secondary N) is 1. The Morgan fingerprint density at radius 3 is 2.88 bits per heavy atom. The van der Waals surface area contributed by atoms with Gasteiger partial charge in [0.25, 0.3) is 0 Å². The number of aromatic nitrogens is 1. The van der Waals surface area contributed by atoms with Crippen LogP contribution in [0.15, 0.2) is 5.38 Å². The molecule has 0 radical (unpaired) electrons. The molecule has 0 saturated heterocycles. The van der Waals surface area contributed by atoms with Gasteiger partial charge in [0.1, 0.15) is 0 Å². The van der Waals surface area contributed by atoms with Gasteiger partial charge >= 0.3 is 0 Å². The fraction of sp³-hybridized carbons (Fsp3) is 0.250. The smallest absolute Gasteiger partial charge is 0.197 e. The van der Waals surface area contributed by atoms with Gasteiger partial charge in [-0.05, 0) is 6.92 Å². The Kier molecular flexibility index (Phi) is 1.45. The Bertz CT molecular complexity index is 172. The maximum absolute atomic E-state index is 5.06. The molecule has 1 aromatic rings. The minimum atomic E-state index is 0.766. The molecule has 1 rings (SSSR count). The van der Waals surface area contributed by atoms with Crippen LogP contribution in [-0.2, 0) is 0 Å². The van der Waals surface area contributed by atoms with Crippen LogP contribution in [0.3, 0.4) is 0 Å². The van der Waals surface area contributed by atoms with Crippen LogP contribution in [-0.4, -0.2) is 4.98 Å². The van der Waals surface area contributed by atoms with E-state index in [0.29, 0.717) is 0 Å². The normalized spacial score (nSPS) is 9.25. The van der Waals surface area contributed by atoms with Gasteiger partial charge in [0.05, 0.1) is 5.69 Å². The molecule has 4 heteroatoms. The Morgan fingerprint density at radius 2 is 2.62 bits per heavy atom. The van der Waals surface area contributed by atoms with Crippen molar-refractivity contribution in [2.24, 2.45) is 5.84 Å². The van der Waals surface area contributed by atoms with Crippen molar-refractivity contribution in [1.29, 1.82) is 0 Å². The van der Waals surface area contributed by atoms with Gasteiger partial charge in [-0.15, -0.1) is 11.3 Å². The summed E-state index contributed by atoms with van der Waals surface area (Å²) in [5.74, 6) is 5.06. The van der Waals surface area contributed by atoms with Crippen LogP contribution >= 0.6 is 11.3 Å². The highest BCUT2D eigenvalue weighted by molar-refractivity contribution is 7.13. The molecule has 0 saturated carbocycles. The summed E-state index contributed by atoms with van der Waals surface area (Å²) in [4.78, 5) is 4.01. The van der Waals surface area contributed by atoms with E-state index in [9.17, 15) is 0 Å². The van der Waals surface area contributed by atoms with Gasteiger partial charge in [0.2, 0.25) is 0 Å². The van der Waals surface area contributed by atoms with E-state index in [-0.39, 0.29) is 0 Å². The zero-order chi connectivity index (χ0) is 5.98. The summed E-state index contributed by atoms with van der Waals surface area (Å²) in [5.41, 5.74) is 3.46. The zero-order valence-corrected chi connectivity index (χ0v) is 5.33. The lowest BCUT2D eigenvalue weighted by atomic mass is 10.6. The molecule has 1 aromatic heterocycles. The van der Waals surface area contributed by atoms with Crippen LogP contribution in [0.5, 0.6) is 0 Å². The minimum Gasteiger partial charge on any atom is -0.300 e. The maximum Gasteiger partial charge on any atom is 0.197 e. The SMILES string of the molecule is Cc1csc(NN)n1. The molecular formula is C4H7N3S. The van der Waals surface area contributed by atoms with Crippen LogP contribution in [0.2, 0.25) is 0 Å². The molecule has 0 aromatic carbocycles. The first-order chi connectivity index (χ1) is 3.83. The molecule has 1 heterocycles. The maximum atomic E-state index is 5.06. The van der Waals surface area contributed by atoms with Gasteiger partial charge in [0, 0.05) is 5.38 Å². The predicted octanol–water partition coefficient (Wildman–Crippen LogP) is 0.737. The molecule has 0 aliphatic carbocycles. The van der Waals surface area contributed by atoms with E-state index in [0.717, 1.165) is 10.8 Å². The summed E-state index contributed by atoms with van der Waals surface area (Å²) in [6, 6.07) is 0. The third-order valence-corrected chi connectivity index (χ3v) is 1.63. The summed E-state index contributed by atoms with van der Waals surface area (Å²) in [7, 11) is 0. The Hall–Kier alpha value is -0.610. The first-order valence-corrected chi connectivity index (χ1v) is 3.09. The van der Waals surface area contributed by atoms with E-state index in [1.165, 1.54) is 11.3 Å². The molecule has 0 aliphatic heterocycles. The number of hydrazine groups is 1. The molecule has 8 heavy (non-hydrogen) atoms. The molecule has 3 N–H and O–H groups in total. The van der Waals surface area contributed by atoms with E-state index in [1.54, 1.807) is 0 Å². The first kappa shape index (κ1) is 5.53. The van der Waals surface area contributed by atoms with Gasteiger partial charge in [-0.3, -0.25) is 5.43 Å². The Balaban J connectivity index is 2.84. The zero-order valence-electron chi connectivity index (χ0n) is 4.51. The van der Waals surface area contributed by atoms with Crippen LogP contribution in [0.1, 0.15) is 5.69 Å². The molecule has 0 amide bonds. The van der Waals surface area contributed by atoms with Crippen molar-refractivity contribution in [2.45, 2.75) is 6.92 Å². The van der Waals surface area contributed by atoms with Crippen molar-refractivity contribution in [3.05, 3.63) is 11.1 Å². The summed E-state index contributed by atoms with van der Waals surface area (Å²) < 4.78 is 0. The van der Waals surface area contributed by atoms with Crippen LogP contribution in [0.4, 0.5) is 5.13 Å². The predicted molar refractivity (Wildman–Crippen MR) is 34.7 cm³/mol. The van der Waals surface area contributed by atoms with E-state index in [1.807, 2.05) is 12.3 Å². The highest BCUT2D eigenvalue weighted by atomic mass is 32.1. The van der Waals surface area contributed by atoms with Crippen molar-refractivity contribution in [2.75, 3.05) is 5.43 Å². The number of rotatable bonds is 1. The number of hydrogen-bond acceptors (Lipinski definition) is 4. The Labute approximate surface area is 51.5 Å². The number of anilines is 1. The monoisotopic (exact) mass is 129 g/mol. The number of nitrogen functional groups attached to an aromatic ring is 1. The second-order valence-corrected chi connectivity index (χ2v) is 2.30. The third kappa shape index (κ3) is 0.962. The number of thiazole rings is 1. The van der Waals surface area contributed by atoms with Gasteiger partial charge in [-0.2, -0.15) is 0 Å². The quantitative estimate of drug-likeness (QED) is 0.434. The van der Waals surface area contributed by atoms with Crippen molar-refractivity contribution in [1.82, 2.24) is 4.98 Å². The highest BCUT2D eigenvalue weighted by Crippen LogP contribution is 2.11. The highest BCUT2D eigenvalue weighted by Gasteiger charge is 1.90. The van der Waals surface area contributed by atoms with E-state index >= 15 is 0 Å². The molecule has 0 aliphatic rings. The second kappa shape index (κ2) is 2.11. The second-order valence-electron chi connectivity index (χ2n) is 1.44. The average molecular weight is 129 g/mol. The Morgan fingerprint density at radius 1 is 1.88 bits per heavy atom. The standard InChI is InChI=1S/C4H7N3S/c1-3-2-8-4(6-3)7-5/h2H,5H2,1H3,(H,6,7). The van der Waals surface area contributed by atoms with Crippen LogP contribution < -0.4 is 11.3 Å². The minimum absolute atomic E-state index is 0.766. The van der Waals surface area contributed by atoms with Crippen molar-refractivity contribution in [3.63, 3.8) is 0 Å². The molecule has 0 unspecified atom stereocenters. The van der Waals surface area contributed by atoms with Crippen molar-refractivity contribution in [3.8, 4) is 0 Å². The molecule has 0 bridgehead atoms. The summed E-state index contributed by atoms with van der Waals surface area (Å²) >= 11 is 1.50. The lowest BCUT2D eigenvalue weighted by Gasteiger charge is -1.85. The van der Waals surface area contributed by atoms with Crippen molar-refractivity contribution < 1.29 is 0 Å². The summed E-state index contributed by atoms with van der Waals surface area (Å²) in [5, 5.41) is 2.71. The molecule has 44 valence electrons. The number of hydrogen-bond donors (Lipinski definition) is 2. The van der Waals surface area contributed by atoms with Gasteiger partial charge in [-0.1, -0.05) is 0 Å². The van der Waals surface area contributed by atoms with E-state index in [2.05, 4.69) is 10.4 Å². The van der Waals surface area contributed by atoms with Gasteiger partial charge < -0.3 is 0 Å². The lowest BCUT2D eigenvalue weighted by Crippen LogP contribution is -2.05. The molecule has 0 fully saturated rings.